The molecule has 0 aliphatic carbocycles. The van der Waals surface area contributed by atoms with Gasteiger partial charge in [0.15, 0.2) is 5.96 Å². The van der Waals surface area contributed by atoms with E-state index in [1.165, 1.54) is 13.2 Å². The van der Waals surface area contributed by atoms with Crippen molar-refractivity contribution in [2.24, 2.45) is 4.99 Å². The van der Waals surface area contributed by atoms with Gasteiger partial charge in [-0.05, 0) is 30.7 Å². The zero-order chi connectivity index (χ0) is 22.6. The molecule has 0 heterocycles. The molecule has 2 aromatic rings. The fourth-order valence-electron chi connectivity index (χ4n) is 2.88. The summed E-state index contributed by atoms with van der Waals surface area (Å²) in [5.74, 6) is 0.818. The predicted octanol–water partition coefficient (Wildman–Crippen LogP) is 3.01. The van der Waals surface area contributed by atoms with Crippen LogP contribution in [0.3, 0.4) is 0 Å². The van der Waals surface area contributed by atoms with Gasteiger partial charge in [0.2, 0.25) is 5.91 Å². The van der Waals surface area contributed by atoms with Crippen LogP contribution in [0.25, 0.3) is 0 Å². The highest BCUT2D eigenvalue weighted by Gasteiger charge is 2.14. The lowest BCUT2D eigenvalue weighted by Crippen LogP contribution is -2.44. The molecule has 31 heavy (non-hydrogen) atoms. The van der Waals surface area contributed by atoms with E-state index in [4.69, 9.17) is 4.74 Å². The quantitative estimate of drug-likeness (QED) is 0.444. The summed E-state index contributed by atoms with van der Waals surface area (Å²) in [6.07, 6.45) is 0. The molecule has 0 radical (unpaired) electrons. The molecule has 0 aliphatic heterocycles. The number of benzene rings is 2. The van der Waals surface area contributed by atoms with Crippen LogP contribution in [0.5, 0.6) is 11.5 Å². The van der Waals surface area contributed by atoms with Gasteiger partial charge in [-0.2, -0.15) is 8.78 Å². The Morgan fingerprint density at radius 3 is 2.52 bits per heavy atom. The third kappa shape index (κ3) is 7.76. The zero-order valence-electron chi connectivity index (χ0n) is 17.9. The first-order valence-corrected chi connectivity index (χ1v) is 9.84. The Bertz CT molecular complexity index is 863. The maximum Gasteiger partial charge on any atom is 0.387 e. The van der Waals surface area contributed by atoms with E-state index in [0.717, 1.165) is 5.56 Å². The van der Waals surface area contributed by atoms with Crippen LogP contribution in [0.15, 0.2) is 53.5 Å². The molecule has 0 aliphatic rings. The number of methoxy groups -OCH3 is 1. The minimum Gasteiger partial charge on any atom is -0.497 e. The number of nitrogens with zero attached hydrogens (tertiary/aromatic N) is 2. The van der Waals surface area contributed by atoms with E-state index in [1.54, 1.807) is 24.1 Å². The van der Waals surface area contributed by atoms with E-state index in [2.05, 4.69) is 20.4 Å². The number of carbonyl (C=O) groups is 1. The molecule has 0 atom stereocenters. The molecule has 168 valence electrons. The number of likely N-dealkylation sites (N-methyl/N-ethyl adjacent to an activating group) is 1. The second-order valence-corrected chi connectivity index (χ2v) is 6.52. The molecular weight excluding hydrogens is 406 g/mol. The second-order valence-electron chi connectivity index (χ2n) is 6.52. The highest BCUT2D eigenvalue weighted by molar-refractivity contribution is 5.86. The largest absolute Gasteiger partial charge is 0.497 e. The van der Waals surface area contributed by atoms with Gasteiger partial charge in [0.25, 0.3) is 0 Å². The van der Waals surface area contributed by atoms with E-state index in [0.29, 0.717) is 30.4 Å². The van der Waals surface area contributed by atoms with Crippen molar-refractivity contribution in [1.82, 2.24) is 15.5 Å². The number of hydrogen-bond donors (Lipinski definition) is 2. The summed E-state index contributed by atoms with van der Waals surface area (Å²) in [7, 11) is 3.05. The predicted molar refractivity (Wildman–Crippen MR) is 115 cm³/mol. The van der Waals surface area contributed by atoms with Crippen LogP contribution in [0.2, 0.25) is 0 Å². The van der Waals surface area contributed by atoms with Crippen LogP contribution in [-0.4, -0.2) is 50.6 Å². The normalized spacial score (nSPS) is 11.2. The standard InChI is InChI=1S/C22H28F2N4O3/c1-4-28(15-16-8-6-5-7-9-16)20(29)14-27-22(25-2)26-13-17-12-18(30-3)10-11-19(17)31-21(23)24/h5-12,21H,4,13-15H2,1-3H3,(H2,25,26,27). The first-order chi connectivity index (χ1) is 15.0. The van der Waals surface area contributed by atoms with Crippen molar-refractivity contribution in [2.75, 3.05) is 27.2 Å². The number of guanidine groups is 1. The van der Waals surface area contributed by atoms with Gasteiger partial charge in [-0.3, -0.25) is 9.79 Å². The van der Waals surface area contributed by atoms with Gasteiger partial charge in [0, 0.05) is 32.2 Å². The number of nitrogens with one attached hydrogen (secondary N) is 2. The van der Waals surface area contributed by atoms with Gasteiger partial charge in [-0.1, -0.05) is 30.3 Å². The maximum atomic E-state index is 12.7. The molecule has 7 nitrogen and oxygen atoms in total. The number of hydrogen-bond acceptors (Lipinski definition) is 4. The first kappa shape index (κ1) is 23.9. The lowest BCUT2D eigenvalue weighted by molar-refractivity contribution is -0.130. The van der Waals surface area contributed by atoms with Crippen LogP contribution < -0.4 is 20.1 Å². The Morgan fingerprint density at radius 2 is 1.90 bits per heavy atom. The summed E-state index contributed by atoms with van der Waals surface area (Å²) < 4.78 is 35.1. The molecule has 0 saturated heterocycles. The Labute approximate surface area is 181 Å². The topological polar surface area (TPSA) is 75.2 Å². The van der Waals surface area contributed by atoms with Crippen LogP contribution in [-0.2, 0) is 17.9 Å². The van der Waals surface area contributed by atoms with Crippen molar-refractivity contribution in [1.29, 1.82) is 0 Å². The molecule has 0 unspecified atom stereocenters. The highest BCUT2D eigenvalue weighted by atomic mass is 19.3. The number of carbonyl (C=O) groups excluding carboxylic acids is 1. The van der Waals surface area contributed by atoms with E-state index in [1.807, 2.05) is 37.3 Å². The molecule has 9 heteroatoms. The first-order valence-electron chi connectivity index (χ1n) is 9.84. The average Bonchev–Trinajstić information content (AvgIpc) is 2.78. The number of aliphatic imine (C=N–C) groups is 1. The van der Waals surface area contributed by atoms with Gasteiger partial charge in [-0.15, -0.1) is 0 Å². The van der Waals surface area contributed by atoms with Gasteiger partial charge in [0.1, 0.15) is 11.5 Å². The smallest absolute Gasteiger partial charge is 0.387 e. The Hall–Kier alpha value is -3.36. The molecule has 0 bridgehead atoms. The summed E-state index contributed by atoms with van der Waals surface area (Å²) in [4.78, 5) is 18.4. The van der Waals surface area contributed by atoms with Crippen LogP contribution >= 0.6 is 0 Å². The average molecular weight is 434 g/mol. The fourth-order valence-corrected chi connectivity index (χ4v) is 2.88. The molecule has 2 rings (SSSR count). The van der Waals surface area contributed by atoms with Crippen molar-refractivity contribution >= 4 is 11.9 Å². The summed E-state index contributed by atoms with van der Waals surface area (Å²) in [5, 5.41) is 5.96. The van der Waals surface area contributed by atoms with Crippen molar-refractivity contribution < 1.29 is 23.0 Å². The van der Waals surface area contributed by atoms with Crippen LogP contribution in [0, 0.1) is 0 Å². The van der Waals surface area contributed by atoms with E-state index >= 15 is 0 Å². The van der Waals surface area contributed by atoms with Gasteiger partial charge < -0.3 is 25.0 Å². The molecule has 2 aromatic carbocycles. The van der Waals surface area contributed by atoms with Gasteiger partial charge >= 0.3 is 6.61 Å². The lowest BCUT2D eigenvalue weighted by Gasteiger charge is -2.22. The molecule has 2 N–H and O–H groups in total. The minimum atomic E-state index is -2.94. The third-order valence-corrected chi connectivity index (χ3v) is 4.51. The maximum absolute atomic E-state index is 12.7. The molecule has 0 fully saturated rings. The highest BCUT2D eigenvalue weighted by Crippen LogP contribution is 2.25. The van der Waals surface area contributed by atoms with Gasteiger partial charge in [0.05, 0.1) is 13.7 Å². The van der Waals surface area contributed by atoms with Crippen molar-refractivity contribution in [2.45, 2.75) is 26.6 Å². The number of rotatable bonds is 10. The Kier molecular flexibility index (Phi) is 9.54. The zero-order valence-corrected chi connectivity index (χ0v) is 17.9. The van der Waals surface area contributed by atoms with Crippen molar-refractivity contribution in [3.8, 4) is 11.5 Å². The molecule has 1 amide bonds. The summed E-state index contributed by atoms with van der Waals surface area (Å²) in [6, 6.07) is 14.3. The molecule has 0 spiro atoms. The van der Waals surface area contributed by atoms with Crippen molar-refractivity contribution in [3.05, 3.63) is 59.7 Å². The summed E-state index contributed by atoms with van der Waals surface area (Å²) in [6.45, 7) is 0.253. The summed E-state index contributed by atoms with van der Waals surface area (Å²) in [5.41, 5.74) is 1.51. The number of amides is 1. The van der Waals surface area contributed by atoms with Crippen molar-refractivity contribution in [3.63, 3.8) is 0 Å². The molecule has 0 saturated carbocycles. The monoisotopic (exact) mass is 434 g/mol. The Balaban J connectivity index is 1.94. The van der Waals surface area contributed by atoms with E-state index < -0.39 is 6.61 Å². The summed E-state index contributed by atoms with van der Waals surface area (Å²) >= 11 is 0. The third-order valence-electron chi connectivity index (χ3n) is 4.51. The number of alkyl halides is 2. The van der Waals surface area contributed by atoms with Crippen LogP contribution in [0.1, 0.15) is 18.1 Å². The molecule has 0 aromatic heterocycles. The Morgan fingerprint density at radius 1 is 1.16 bits per heavy atom. The van der Waals surface area contributed by atoms with E-state index in [-0.39, 0.29) is 24.7 Å². The number of ether oxygens (including phenoxy) is 2. The fraction of sp³-hybridized carbons (Fsp3) is 0.364. The van der Waals surface area contributed by atoms with E-state index in [9.17, 15) is 13.6 Å². The van der Waals surface area contributed by atoms with Gasteiger partial charge in [-0.25, -0.2) is 0 Å². The molecular formula is C22H28F2N4O3. The SMILES string of the molecule is CCN(Cc1ccccc1)C(=O)CNC(=NC)NCc1cc(OC)ccc1OC(F)F. The number of halogens is 2. The van der Waals surface area contributed by atoms with Crippen LogP contribution in [0.4, 0.5) is 8.78 Å². The minimum absolute atomic E-state index is 0.0369. The second kappa shape index (κ2) is 12.4. The lowest BCUT2D eigenvalue weighted by atomic mass is 10.2.